The number of aromatic nitrogens is 1. The van der Waals surface area contributed by atoms with Crippen molar-refractivity contribution in [2.75, 3.05) is 0 Å². The van der Waals surface area contributed by atoms with Crippen LogP contribution < -0.4 is 11.3 Å². The average Bonchev–Trinajstić information content (AvgIpc) is 2.23. The van der Waals surface area contributed by atoms with Crippen LogP contribution >= 0.6 is 0 Å². The standard InChI is InChI=1S/C11H12N2O/c1-13-5-4-9-3-2-8(7-12)6-10(9)11(13)14/h2-6H,7,12H2,1H3. The number of nitrogens with zero attached hydrogens (tertiary/aromatic N) is 1. The molecule has 0 aliphatic heterocycles. The lowest BCUT2D eigenvalue weighted by molar-refractivity contribution is 0.872. The zero-order valence-corrected chi connectivity index (χ0v) is 8.03. The van der Waals surface area contributed by atoms with Gasteiger partial charge in [-0.25, -0.2) is 0 Å². The van der Waals surface area contributed by atoms with Gasteiger partial charge in [0.15, 0.2) is 0 Å². The molecule has 0 aliphatic rings. The lowest BCUT2D eigenvalue weighted by Crippen LogP contribution is -2.15. The zero-order chi connectivity index (χ0) is 10.1. The van der Waals surface area contributed by atoms with Crippen molar-refractivity contribution in [3.8, 4) is 0 Å². The van der Waals surface area contributed by atoms with E-state index in [0.29, 0.717) is 6.54 Å². The fourth-order valence-corrected chi connectivity index (χ4v) is 1.51. The summed E-state index contributed by atoms with van der Waals surface area (Å²) in [6.45, 7) is 0.466. The summed E-state index contributed by atoms with van der Waals surface area (Å²) in [4.78, 5) is 11.7. The minimum atomic E-state index is 0.0257. The summed E-state index contributed by atoms with van der Waals surface area (Å²) in [5.41, 5.74) is 6.53. The molecule has 0 radical (unpaired) electrons. The summed E-state index contributed by atoms with van der Waals surface area (Å²) < 4.78 is 1.57. The first kappa shape index (κ1) is 8.97. The predicted molar refractivity (Wildman–Crippen MR) is 57.1 cm³/mol. The molecule has 3 nitrogen and oxygen atoms in total. The SMILES string of the molecule is Cn1ccc2ccc(CN)cc2c1=O. The van der Waals surface area contributed by atoms with Gasteiger partial charge < -0.3 is 10.3 Å². The van der Waals surface area contributed by atoms with Crippen LogP contribution in [0.25, 0.3) is 10.8 Å². The Morgan fingerprint density at radius 1 is 1.36 bits per heavy atom. The molecule has 2 rings (SSSR count). The zero-order valence-electron chi connectivity index (χ0n) is 8.03. The predicted octanol–water partition coefficient (Wildman–Crippen LogP) is 0.997. The Balaban J connectivity index is 2.85. The summed E-state index contributed by atoms with van der Waals surface area (Å²) in [7, 11) is 1.75. The number of pyridine rings is 1. The van der Waals surface area contributed by atoms with E-state index in [2.05, 4.69) is 0 Å². The monoisotopic (exact) mass is 188 g/mol. The van der Waals surface area contributed by atoms with Crippen molar-refractivity contribution >= 4 is 10.8 Å². The summed E-state index contributed by atoms with van der Waals surface area (Å²) >= 11 is 0. The van der Waals surface area contributed by atoms with Crippen molar-refractivity contribution in [3.05, 3.63) is 46.4 Å². The number of hydrogen-bond donors (Lipinski definition) is 1. The van der Waals surface area contributed by atoms with E-state index in [-0.39, 0.29) is 5.56 Å². The maximum Gasteiger partial charge on any atom is 0.258 e. The number of fused-ring (bicyclic) bond motifs is 1. The molecule has 0 saturated heterocycles. The van der Waals surface area contributed by atoms with Crippen LogP contribution in [-0.2, 0) is 13.6 Å². The molecule has 3 heteroatoms. The van der Waals surface area contributed by atoms with Crippen molar-refractivity contribution < 1.29 is 0 Å². The third-order valence-corrected chi connectivity index (χ3v) is 2.38. The van der Waals surface area contributed by atoms with E-state index in [1.54, 1.807) is 17.8 Å². The van der Waals surface area contributed by atoms with E-state index < -0.39 is 0 Å². The third-order valence-electron chi connectivity index (χ3n) is 2.38. The Morgan fingerprint density at radius 2 is 2.14 bits per heavy atom. The van der Waals surface area contributed by atoms with Gasteiger partial charge in [-0.15, -0.1) is 0 Å². The van der Waals surface area contributed by atoms with Crippen molar-refractivity contribution in [1.82, 2.24) is 4.57 Å². The van der Waals surface area contributed by atoms with Crippen LogP contribution in [0.2, 0.25) is 0 Å². The smallest absolute Gasteiger partial charge is 0.258 e. The Morgan fingerprint density at radius 3 is 2.86 bits per heavy atom. The maximum atomic E-state index is 11.7. The summed E-state index contributed by atoms with van der Waals surface area (Å²) in [5.74, 6) is 0. The fourth-order valence-electron chi connectivity index (χ4n) is 1.51. The van der Waals surface area contributed by atoms with Gasteiger partial charge >= 0.3 is 0 Å². The van der Waals surface area contributed by atoms with Crippen LogP contribution in [-0.4, -0.2) is 4.57 Å². The molecular weight excluding hydrogens is 176 g/mol. The van der Waals surface area contributed by atoms with Crippen molar-refractivity contribution in [2.45, 2.75) is 6.54 Å². The molecular formula is C11H12N2O. The van der Waals surface area contributed by atoms with Gasteiger partial charge in [0, 0.05) is 25.2 Å². The van der Waals surface area contributed by atoms with Crippen molar-refractivity contribution in [3.63, 3.8) is 0 Å². The molecule has 0 bridgehead atoms. The molecule has 0 fully saturated rings. The minimum Gasteiger partial charge on any atom is -0.326 e. The minimum absolute atomic E-state index is 0.0257. The number of aryl methyl sites for hydroxylation is 1. The Hall–Kier alpha value is -1.61. The van der Waals surface area contributed by atoms with E-state index in [1.165, 1.54) is 0 Å². The van der Waals surface area contributed by atoms with Crippen LogP contribution in [0.1, 0.15) is 5.56 Å². The number of hydrogen-bond acceptors (Lipinski definition) is 2. The Labute approximate surface area is 81.8 Å². The lowest BCUT2D eigenvalue weighted by Gasteiger charge is -2.02. The molecule has 0 aliphatic carbocycles. The molecule has 1 aromatic carbocycles. The highest BCUT2D eigenvalue weighted by Crippen LogP contribution is 2.11. The Kier molecular flexibility index (Phi) is 2.09. The van der Waals surface area contributed by atoms with Crippen molar-refractivity contribution in [1.29, 1.82) is 0 Å². The first-order valence-corrected chi connectivity index (χ1v) is 4.50. The first-order valence-electron chi connectivity index (χ1n) is 4.50. The average molecular weight is 188 g/mol. The van der Waals surface area contributed by atoms with Gasteiger partial charge in [0.1, 0.15) is 0 Å². The first-order chi connectivity index (χ1) is 6.72. The van der Waals surface area contributed by atoms with Gasteiger partial charge in [0.05, 0.1) is 0 Å². The second-order valence-electron chi connectivity index (χ2n) is 3.36. The highest BCUT2D eigenvalue weighted by atomic mass is 16.1. The van der Waals surface area contributed by atoms with Crippen molar-refractivity contribution in [2.24, 2.45) is 12.8 Å². The highest BCUT2D eigenvalue weighted by Gasteiger charge is 2.00. The number of nitrogens with two attached hydrogens (primary N) is 1. The maximum absolute atomic E-state index is 11.7. The molecule has 0 saturated carbocycles. The normalized spacial score (nSPS) is 10.7. The third kappa shape index (κ3) is 1.32. The molecule has 72 valence electrons. The molecule has 0 spiro atoms. The number of rotatable bonds is 1. The van der Waals surface area contributed by atoms with Gasteiger partial charge in [-0.1, -0.05) is 12.1 Å². The van der Waals surface area contributed by atoms with Gasteiger partial charge in [-0.05, 0) is 23.1 Å². The quantitative estimate of drug-likeness (QED) is 0.725. The topological polar surface area (TPSA) is 48.0 Å². The molecule has 0 amide bonds. The van der Waals surface area contributed by atoms with E-state index in [0.717, 1.165) is 16.3 Å². The van der Waals surface area contributed by atoms with Crippen LogP contribution in [0.15, 0.2) is 35.3 Å². The number of benzene rings is 1. The van der Waals surface area contributed by atoms with Crippen LogP contribution in [0.4, 0.5) is 0 Å². The molecule has 1 aromatic heterocycles. The van der Waals surface area contributed by atoms with E-state index in [4.69, 9.17) is 5.73 Å². The van der Waals surface area contributed by atoms with E-state index >= 15 is 0 Å². The summed E-state index contributed by atoms with van der Waals surface area (Å²) in [6, 6.07) is 7.66. The van der Waals surface area contributed by atoms with Gasteiger partial charge in [0.25, 0.3) is 5.56 Å². The van der Waals surface area contributed by atoms with Gasteiger partial charge in [-0.2, -0.15) is 0 Å². The van der Waals surface area contributed by atoms with Gasteiger partial charge in [0.2, 0.25) is 0 Å². The van der Waals surface area contributed by atoms with Gasteiger partial charge in [-0.3, -0.25) is 4.79 Å². The molecule has 2 N–H and O–H groups in total. The highest BCUT2D eigenvalue weighted by molar-refractivity contribution is 5.82. The Bertz CT molecular complexity index is 528. The second kappa shape index (κ2) is 3.27. The van der Waals surface area contributed by atoms with E-state index in [1.807, 2.05) is 24.3 Å². The molecule has 0 unspecified atom stereocenters. The molecule has 0 atom stereocenters. The largest absolute Gasteiger partial charge is 0.326 e. The summed E-state index contributed by atoms with van der Waals surface area (Å²) in [6.07, 6.45) is 1.77. The van der Waals surface area contributed by atoms with Crippen LogP contribution in [0, 0.1) is 0 Å². The van der Waals surface area contributed by atoms with Crippen LogP contribution in [0.3, 0.4) is 0 Å². The fraction of sp³-hybridized carbons (Fsp3) is 0.182. The molecule has 14 heavy (non-hydrogen) atoms. The second-order valence-corrected chi connectivity index (χ2v) is 3.36. The van der Waals surface area contributed by atoms with Crippen LogP contribution in [0.5, 0.6) is 0 Å². The molecule has 1 heterocycles. The molecule has 2 aromatic rings. The lowest BCUT2D eigenvalue weighted by atomic mass is 10.1. The van der Waals surface area contributed by atoms with E-state index in [9.17, 15) is 4.79 Å². The summed E-state index contributed by atoms with van der Waals surface area (Å²) in [5, 5.41) is 1.70.